The molecule has 1 aliphatic carbocycles. The molecule has 16 heavy (non-hydrogen) atoms. The topological polar surface area (TPSA) is 33.1 Å². The van der Waals surface area contributed by atoms with Crippen molar-refractivity contribution in [2.24, 2.45) is 0 Å². The molecule has 0 aliphatic heterocycles. The summed E-state index contributed by atoms with van der Waals surface area (Å²) in [6, 6.07) is 2.03. The smallest absolute Gasteiger partial charge is 0.0787 e. The third-order valence-electron chi connectivity index (χ3n) is 3.11. The van der Waals surface area contributed by atoms with Crippen LogP contribution in [-0.4, -0.2) is 15.3 Å². The Bertz CT molecular complexity index is 334. The maximum atomic E-state index is 9.68. The first-order chi connectivity index (χ1) is 7.77. The fraction of sp³-hybridized carbons (Fsp3) is 0.615. The van der Waals surface area contributed by atoms with Gasteiger partial charge in [-0.05, 0) is 25.8 Å². The van der Waals surface area contributed by atoms with Gasteiger partial charge in [-0.25, -0.2) is 0 Å². The molecule has 0 amide bonds. The standard InChI is InChI=1S/C13H19NOS/c1-10(15)12-9-14-8-7-13(12)16-11-5-3-2-4-6-11/h7-11,15H,2-6H2,1H3. The molecular formula is C13H19NOS. The molecule has 1 aromatic rings. The van der Waals surface area contributed by atoms with Gasteiger partial charge in [-0.2, -0.15) is 0 Å². The van der Waals surface area contributed by atoms with Gasteiger partial charge >= 0.3 is 0 Å². The molecule has 88 valence electrons. The summed E-state index contributed by atoms with van der Waals surface area (Å²) in [5, 5.41) is 10.4. The van der Waals surface area contributed by atoms with E-state index >= 15 is 0 Å². The van der Waals surface area contributed by atoms with Gasteiger partial charge in [-0.1, -0.05) is 19.3 Å². The number of aromatic nitrogens is 1. The highest BCUT2D eigenvalue weighted by Crippen LogP contribution is 2.36. The molecule has 0 aromatic carbocycles. The summed E-state index contributed by atoms with van der Waals surface area (Å²) in [6.45, 7) is 1.81. The summed E-state index contributed by atoms with van der Waals surface area (Å²) in [4.78, 5) is 5.29. The van der Waals surface area contributed by atoms with Crippen LogP contribution in [0, 0.1) is 0 Å². The Morgan fingerprint density at radius 1 is 1.38 bits per heavy atom. The fourth-order valence-corrected chi connectivity index (χ4v) is 3.60. The number of aliphatic hydroxyl groups is 1. The van der Waals surface area contributed by atoms with Crippen LogP contribution in [0.15, 0.2) is 23.4 Å². The summed E-state index contributed by atoms with van der Waals surface area (Å²) < 4.78 is 0. The van der Waals surface area contributed by atoms with E-state index in [1.807, 2.05) is 30.9 Å². The molecule has 2 nitrogen and oxygen atoms in total. The summed E-state index contributed by atoms with van der Waals surface area (Å²) in [5.41, 5.74) is 0.970. The van der Waals surface area contributed by atoms with Crippen LogP contribution in [-0.2, 0) is 0 Å². The van der Waals surface area contributed by atoms with Crippen LogP contribution in [0.5, 0.6) is 0 Å². The summed E-state index contributed by atoms with van der Waals surface area (Å²) in [7, 11) is 0. The van der Waals surface area contributed by atoms with Gasteiger partial charge in [0.1, 0.15) is 0 Å². The van der Waals surface area contributed by atoms with E-state index in [0.29, 0.717) is 0 Å². The van der Waals surface area contributed by atoms with Crippen molar-refractivity contribution in [3.63, 3.8) is 0 Å². The van der Waals surface area contributed by atoms with Crippen molar-refractivity contribution in [1.82, 2.24) is 4.98 Å². The van der Waals surface area contributed by atoms with E-state index < -0.39 is 6.10 Å². The van der Waals surface area contributed by atoms with Crippen molar-refractivity contribution >= 4 is 11.8 Å². The van der Waals surface area contributed by atoms with Gasteiger partial charge in [0, 0.05) is 28.1 Å². The van der Waals surface area contributed by atoms with Crippen molar-refractivity contribution in [2.75, 3.05) is 0 Å². The maximum Gasteiger partial charge on any atom is 0.0787 e. The predicted octanol–water partition coefficient (Wildman–Crippen LogP) is 3.56. The highest BCUT2D eigenvalue weighted by atomic mass is 32.2. The monoisotopic (exact) mass is 237 g/mol. The van der Waals surface area contributed by atoms with E-state index in [2.05, 4.69) is 4.98 Å². The first kappa shape index (κ1) is 11.9. The molecule has 3 heteroatoms. The fourth-order valence-electron chi connectivity index (χ4n) is 2.18. The van der Waals surface area contributed by atoms with Crippen molar-refractivity contribution in [2.45, 2.75) is 55.3 Å². The Balaban J connectivity index is 2.07. The minimum Gasteiger partial charge on any atom is -0.389 e. The van der Waals surface area contributed by atoms with Crippen LogP contribution in [0.25, 0.3) is 0 Å². The maximum absolute atomic E-state index is 9.68. The molecule has 2 rings (SSSR count). The predicted molar refractivity (Wildman–Crippen MR) is 67.6 cm³/mol. The number of aliphatic hydroxyl groups excluding tert-OH is 1. The molecule has 0 radical (unpaired) electrons. The lowest BCUT2D eigenvalue weighted by Crippen LogP contribution is -2.08. The molecule has 0 bridgehead atoms. The van der Waals surface area contributed by atoms with Crippen LogP contribution in [0.2, 0.25) is 0 Å². The minimum absolute atomic E-state index is 0.417. The Morgan fingerprint density at radius 2 is 2.12 bits per heavy atom. The Labute approximate surface area is 101 Å². The number of nitrogens with zero attached hydrogens (tertiary/aromatic N) is 1. The van der Waals surface area contributed by atoms with Gasteiger partial charge in [-0.15, -0.1) is 11.8 Å². The Morgan fingerprint density at radius 3 is 2.81 bits per heavy atom. The third kappa shape index (κ3) is 2.98. The van der Waals surface area contributed by atoms with Gasteiger partial charge in [0.15, 0.2) is 0 Å². The second-order valence-electron chi connectivity index (χ2n) is 4.47. The Kier molecular flexibility index (Phi) is 4.24. The van der Waals surface area contributed by atoms with Crippen molar-refractivity contribution in [3.05, 3.63) is 24.0 Å². The summed E-state index contributed by atoms with van der Waals surface area (Å²) >= 11 is 1.92. The van der Waals surface area contributed by atoms with Crippen LogP contribution in [0.1, 0.15) is 50.7 Å². The van der Waals surface area contributed by atoms with Crippen LogP contribution >= 0.6 is 11.8 Å². The van der Waals surface area contributed by atoms with Gasteiger partial charge in [0.05, 0.1) is 6.10 Å². The van der Waals surface area contributed by atoms with Gasteiger partial charge in [0.2, 0.25) is 0 Å². The lowest BCUT2D eigenvalue weighted by atomic mass is 10.0. The highest BCUT2D eigenvalue weighted by Gasteiger charge is 2.17. The van der Waals surface area contributed by atoms with Crippen molar-refractivity contribution < 1.29 is 5.11 Å². The first-order valence-electron chi connectivity index (χ1n) is 6.06. The molecule has 1 aliphatic rings. The summed E-state index contributed by atoms with van der Waals surface area (Å²) in [6.07, 6.45) is 9.90. The zero-order valence-electron chi connectivity index (χ0n) is 9.72. The average Bonchev–Trinajstić information content (AvgIpc) is 2.31. The SMILES string of the molecule is CC(O)c1cnccc1SC1CCCCC1. The highest BCUT2D eigenvalue weighted by molar-refractivity contribution is 8.00. The second-order valence-corrected chi connectivity index (χ2v) is 5.81. The van der Waals surface area contributed by atoms with E-state index in [9.17, 15) is 5.11 Å². The van der Waals surface area contributed by atoms with E-state index in [1.165, 1.54) is 37.0 Å². The van der Waals surface area contributed by atoms with Crippen LogP contribution in [0.4, 0.5) is 0 Å². The van der Waals surface area contributed by atoms with Crippen molar-refractivity contribution in [3.8, 4) is 0 Å². The molecular weight excluding hydrogens is 218 g/mol. The van der Waals surface area contributed by atoms with Crippen molar-refractivity contribution in [1.29, 1.82) is 0 Å². The zero-order chi connectivity index (χ0) is 11.4. The Hall–Kier alpha value is -0.540. The number of thioether (sulfide) groups is 1. The quantitative estimate of drug-likeness (QED) is 0.872. The van der Waals surface area contributed by atoms with E-state index in [-0.39, 0.29) is 0 Å². The first-order valence-corrected chi connectivity index (χ1v) is 6.94. The molecule has 1 saturated carbocycles. The second kappa shape index (κ2) is 5.69. The molecule has 1 fully saturated rings. The van der Waals surface area contributed by atoms with Gasteiger partial charge < -0.3 is 5.11 Å². The number of hydrogen-bond donors (Lipinski definition) is 1. The number of rotatable bonds is 3. The lowest BCUT2D eigenvalue weighted by Gasteiger charge is -2.22. The molecule has 1 atom stereocenters. The molecule has 0 saturated heterocycles. The average molecular weight is 237 g/mol. The summed E-state index contributed by atoms with van der Waals surface area (Å²) in [5.74, 6) is 0. The number of hydrogen-bond acceptors (Lipinski definition) is 3. The molecule has 1 N–H and O–H groups in total. The van der Waals surface area contributed by atoms with Crippen LogP contribution in [0.3, 0.4) is 0 Å². The van der Waals surface area contributed by atoms with Crippen LogP contribution < -0.4 is 0 Å². The molecule has 1 aromatic heterocycles. The van der Waals surface area contributed by atoms with E-state index in [4.69, 9.17) is 0 Å². The largest absolute Gasteiger partial charge is 0.389 e. The minimum atomic E-state index is -0.417. The van der Waals surface area contributed by atoms with E-state index in [1.54, 1.807) is 6.20 Å². The molecule has 1 unspecified atom stereocenters. The lowest BCUT2D eigenvalue weighted by molar-refractivity contribution is 0.196. The zero-order valence-corrected chi connectivity index (χ0v) is 10.5. The van der Waals surface area contributed by atoms with E-state index in [0.717, 1.165) is 10.8 Å². The van der Waals surface area contributed by atoms with Gasteiger partial charge in [-0.3, -0.25) is 4.98 Å². The molecule has 1 heterocycles. The van der Waals surface area contributed by atoms with Gasteiger partial charge in [0.25, 0.3) is 0 Å². The number of pyridine rings is 1. The third-order valence-corrected chi connectivity index (χ3v) is 4.54. The normalized spacial score (nSPS) is 19.6. The molecule has 0 spiro atoms.